The maximum atomic E-state index is 4.73. The summed E-state index contributed by atoms with van der Waals surface area (Å²) in [5, 5.41) is 19.6. The van der Waals surface area contributed by atoms with E-state index in [-0.39, 0.29) is 0 Å². The van der Waals surface area contributed by atoms with Crippen LogP contribution in [0, 0.1) is 20.8 Å². The van der Waals surface area contributed by atoms with E-state index >= 15 is 0 Å². The van der Waals surface area contributed by atoms with Crippen LogP contribution < -0.4 is 10.6 Å². The van der Waals surface area contributed by atoms with Gasteiger partial charge in [0.05, 0.1) is 18.8 Å². The first-order valence-corrected chi connectivity index (χ1v) is 9.95. The molecule has 0 spiro atoms. The first kappa shape index (κ1) is 20.6. The van der Waals surface area contributed by atoms with Crippen molar-refractivity contribution in [1.29, 1.82) is 0 Å². The number of aromatic nitrogens is 5. The molecule has 0 amide bonds. The molecule has 3 aromatic rings. The Hall–Kier alpha value is -3.16. The van der Waals surface area contributed by atoms with Gasteiger partial charge in [0, 0.05) is 25.8 Å². The van der Waals surface area contributed by atoms with Crippen molar-refractivity contribution in [3.8, 4) is 0 Å². The third-order valence-corrected chi connectivity index (χ3v) is 4.80. The van der Waals surface area contributed by atoms with E-state index in [0.29, 0.717) is 13.1 Å². The predicted molar refractivity (Wildman–Crippen MR) is 114 cm³/mol. The summed E-state index contributed by atoms with van der Waals surface area (Å²) in [7, 11) is 1.97. The number of hydrogen-bond acceptors (Lipinski definition) is 4. The number of nitrogens with zero attached hydrogens (tertiary/aromatic N) is 6. The molecule has 0 saturated carbocycles. The van der Waals surface area contributed by atoms with Crippen LogP contribution in [0.5, 0.6) is 0 Å². The van der Waals surface area contributed by atoms with Gasteiger partial charge in [-0.15, -0.1) is 10.2 Å². The number of benzene rings is 1. The molecule has 3 rings (SSSR count). The summed E-state index contributed by atoms with van der Waals surface area (Å²) in [5.41, 5.74) is 3.42. The molecule has 8 nitrogen and oxygen atoms in total. The lowest BCUT2D eigenvalue weighted by atomic mass is 10.2. The van der Waals surface area contributed by atoms with Crippen LogP contribution in [0.15, 0.2) is 41.4 Å². The van der Waals surface area contributed by atoms with E-state index in [4.69, 9.17) is 4.99 Å². The number of rotatable bonds is 8. The van der Waals surface area contributed by atoms with E-state index < -0.39 is 0 Å². The molecule has 1 aromatic carbocycles. The Morgan fingerprint density at radius 2 is 1.86 bits per heavy atom. The molecule has 0 radical (unpaired) electrons. The Balaban J connectivity index is 1.57. The molecule has 2 N–H and O–H groups in total. The first-order chi connectivity index (χ1) is 14.0. The summed E-state index contributed by atoms with van der Waals surface area (Å²) in [6.07, 6.45) is 0.955. The lowest BCUT2D eigenvalue weighted by molar-refractivity contribution is 0.554. The zero-order valence-corrected chi connectivity index (χ0v) is 17.7. The fourth-order valence-electron chi connectivity index (χ4n) is 3.03. The molecule has 0 aliphatic carbocycles. The molecule has 0 aliphatic rings. The minimum atomic E-state index is 0.565. The van der Waals surface area contributed by atoms with Crippen LogP contribution in [0.3, 0.4) is 0 Å². The van der Waals surface area contributed by atoms with Crippen molar-refractivity contribution in [1.82, 2.24) is 35.2 Å². The van der Waals surface area contributed by atoms with Crippen LogP contribution in [0.4, 0.5) is 0 Å². The van der Waals surface area contributed by atoms with Gasteiger partial charge in [-0.25, -0.2) is 4.99 Å². The average molecular weight is 395 g/mol. The van der Waals surface area contributed by atoms with Gasteiger partial charge in [0.25, 0.3) is 0 Å². The average Bonchev–Trinajstić information content (AvgIpc) is 3.21. The van der Waals surface area contributed by atoms with Crippen molar-refractivity contribution >= 4 is 5.96 Å². The number of aryl methyl sites for hydroxylation is 4. The molecule has 2 aromatic heterocycles. The highest BCUT2D eigenvalue weighted by Crippen LogP contribution is 2.03. The van der Waals surface area contributed by atoms with Gasteiger partial charge in [-0.05, 0) is 38.8 Å². The zero-order chi connectivity index (χ0) is 20.6. The summed E-state index contributed by atoms with van der Waals surface area (Å²) in [4.78, 5) is 4.73. The van der Waals surface area contributed by atoms with Gasteiger partial charge in [-0.3, -0.25) is 4.68 Å². The molecule has 0 atom stereocenters. The van der Waals surface area contributed by atoms with Gasteiger partial charge in [0.1, 0.15) is 5.82 Å². The fraction of sp³-hybridized carbons (Fsp3) is 0.429. The van der Waals surface area contributed by atoms with Crippen molar-refractivity contribution in [2.75, 3.05) is 6.54 Å². The maximum Gasteiger partial charge on any atom is 0.191 e. The van der Waals surface area contributed by atoms with Crippen molar-refractivity contribution in [2.24, 2.45) is 12.0 Å². The Morgan fingerprint density at radius 1 is 1.07 bits per heavy atom. The van der Waals surface area contributed by atoms with E-state index in [1.54, 1.807) is 0 Å². The molecule has 0 fully saturated rings. The number of guanidine groups is 1. The van der Waals surface area contributed by atoms with Gasteiger partial charge >= 0.3 is 0 Å². The second kappa shape index (κ2) is 9.86. The minimum Gasteiger partial charge on any atom is -0.356 e. The quantitative estimate of drug-likeness (QED) is 0.348. The van der Waals surface area contributed by atoms with Crippen LogP contribution in [-0.2, 0) is 26.7 Å². The third kappa shape index (κ3) is 5.91. The standard InChI is InChI=1S/C21H30N8/c1-16-13-17(2)29(27-16)12-8-11-22-21(23-14-19-9-6-5-7-10-19)24-15-20-26-25-18(3)28(20)4/h5-7,9-10,13H,8,11-12,14-15H2,1-4H3,(H2,22,23,24). The number of nitrogens with one attached hydrogen (secondary N) is 2. The fourth-order valence-corrected chi connectivity index (χ4v) is 3.03. The highest BCUT2D eigenvalue weighted by atomic mass is 15.3. The van der Waals surface area contributed by atoms with Crippen LogP contribution in [0.1, 0.15) is 35.0 Å². The summed E-state index contributed by atoms with van der Waals surface area (Å²) in [6, 6.07) is 12.3. The molecular weight excluding hydrogens is 364 g/mol. The van der Waals surface area contributed by atoms with E-state index in [0.717, 1.165) is 42.8 Å². The molecule has 0 aliphatic heterocycles. The van der Waals surface area contributed by atoms with Crippen molar-refractivity contribution in [3.05, 3.63) is 65.0 Å². The van der Waals surface area contributed by atoms with Crippen LogP contribution >= 0.6 is 0 Å². The van der Waals surface area contributed by atoms with Crippen LogP contribution in [0.2, 0.25) is 0 Å². The summed E-state index contributed by atoms with van der Waals surface area (Å²) in [5.74, 6) is 2.53. The van der Waals surface area contributed by atoms with Gasteiger partial charge in [0.2, 0.25) is 0 Å². The second-order valence-corrected chi connectivity index (χ2v) is 7.16. The molecule has 0 saturated heterocycles. The molecule has 0 unspecified atom stereocenters. The van der Waals surface area contributed by atoms with Gasteiger partial charge in [-0.2, -0.15) is 5.10 Å². The molecule has 2 heterocycles. The van der Waals surface area contributed by atoms with Gasteiger partial charge < -0.3 is 15.2 Å². The zero-order valence-electron chi connectivity index (χ0n) is 17.7. The van der Waals surface area contributed by atoms with Crippen molar-refractivity contribution in [2.45, 2.75) is 46.8 Å². The third-order valence-electron chi connectivity index (χ3n) is 4.80. The van der Waals surface area contributed by atoms with Crippen molar-refractivity contribution in [3.63, 3.8) is 0 Å². The molecule has 154 valence electrons. The van der Waals surface area contributed by atoms with E-state index in [9.17, 15) is 0 Å². The monoisotopic (exact) mass is 394 g/mol. The Bertz CT molecular complexity index is 939. The lowest BCUT2D eigenvalue weighted by Crippen LogP contribution is -2.38. The molecule has 8 heteroatoms. The Kier molecular flexibility index (Phi) is 6.99. The Morgan fingerprint density at radius 3 is 2.52 bits per heavy atom. The van der Waals surface area contributed by atoms with Crippen LogP contribution in [-0.4, -0.2) is 37.0 Å². The SMILES string of the molecule is Cc1cc(C)n(CCCNC(=NCc2ccccc2)NCc2nnc(C)n2C)n1. The minimum absolute atomic E-state index is 0.565. The van der Waals surface area contributed by atoms with E-state index in [2.05, 4.69) is 51.1 Å². The maximum absolute atomic E-state index is 4.73. The number of aliphatic imine (C=N–C) groups is 1. The summed E-state index contributed by atoms with van der Waals surface area (Å²) < 4.78 is 4.03. The summed E-state index contributed by atoms with van der Waals surface area (Å²) >= 11 is 0. The second-order valence-electron chi connectivity index (χ2n) is 7.16. The predicted octanol–water partition coefficient (Wildman–Crippen LogP) is 2.26. The Labute approximate surface area is 172 Å². The smallest absolute Gasteiger partial charge is 0.191 e. The lowest BCUT2D eigenvalue weighted by Gasteiger charge is -2.13. The first-order valence-electron chi connectivity index (χ1n) is 9.95. The number of hydrogen-bond donors (Lipinski definition) is 2. The highest BCUT2D eigenvalue weighted by molar-refractivity contribution is 5.79. The van der Waals surface area contributed by atoms with E-state index in [1.165, 1.54) is 11.3 Å². The van der Waals surface area contributed by atoms with Gasteiger partial charge in [0.15, 0.2) is 11.8 Å². The molecule has 0 bridgehead atoms. The van der Waals surface area contributed by atoms with E-state index in [1.807, 2.05) is 48.3 Å². The molecular formula is C21H30N8. The highest BCUT2D eigenvalue weighted by Gasteiger charge is 2.07. The van der Waals surface area contributed by atoms with Gasteiger partial charge in [-0.1, -0.05) is 30.3 Å². The topological polar surface area (TPSA) is 85.0 Å². The van der Waals surface area contributed by atoms with Crippen molar-refractivity contribution < 1.29 is 0 Å². The summed E-state index contributed by atoms with van der Waals surface area (Å²) in [6.45, 7) is 8.91. The normalized spacial score (nSPS) is 11.7. The van der Waals surface area contributed by atoms with Crippen LogP contribution in [0.25, 0.3) is 0 Å². The largest absolute Gasteiger partial charge is 0.356 e. The molecule has 29 heavy (non-hydrogen) atoms.